The van der Waals surface area contributed by atoms with Crippen molar-refractivity contribution in [2.24, 2.45) is 4.99 Å². The summed E-state index contributed by atoms with van der Waals surface area (Å²) >= 11 is 0. The Morgan fingerprint density at radius 1 is 1.17 bits per heavy atom. The molecular formula is C23H31N5O. The average molecular weight is 394 g/mol. The summed E-state index contributed by atoms with van der Waals surface area (Å²) in [6.45, 7) is 4.55. The van der Waals surface area contributed by atoms with E-state index >= 15 is 0 Å². The molecule has 0 radical (unpaired) electrons. The number of benzene rings is 2. The molecule has 0 aliphatic carbocycles. The zero-order chi connectivity index (χ0) is 20.6. The molecule has 0 saturated heterocycles. The van der Waals surface area contributed by atoms with Gasteiger partial charge in [0.25, 0.3) is 0 Å². The fraction of sp³-hybridized carbons (Fsp3) is 0.391. The van der Waals surface area contributed by atoms with E-state index < -0.39 is 0 Å². The lowest BCUT2D eigenvalue weighted by Crippen LogP contribution is -2.46. The van der Waals surface area contributed by atoms with Gasteiger partial charge in [-0.1, -0.05) is 48.5 Å². The van der Waals surface area contributed by atoms with Crippen molar-refractivity contribution in [3.05, 3.63) is 65.7 Å². The fourth-order valence-corrected chi connectivity index (χ4v) is 3.55. The van der Waals surface area contributed by atoms with Crippen LogP contribution in [0.4, 0.5) is 5.69 Å². The van der Waals surface area contributed by atoms with Gasteiger partial charge in [0.1, 0.15) is 0 Å². The second-order valence-electron chi connectivity index (χ2n) is 7.62. The first kappa shape index (κ1) is 20.9. The lowest BCUT2D eigenvalue weighted by atomic mass is 9.90. The van der Waals surface area contributed by atoms with Crippen molar-refractivity contribution in [1.29, 1.82) is 0 Å². The van der Waals surface area contributed by atoms with Gasteiger partial charge in [0.05, 0.1) is 0 Å². The van der Waals surface area contributed by atoms with Crippen molar-refractivity contribution in [2.75, 3.05) is 32.5 Å². The maximum absolute atomic E-state index is 12.0. The van der Waals surface area contributed by atoms with Crippen LogP contribution < -0.4 is 16.0 Å². The molecule has 0 bridgehead atoms. The lowest BCUT2D eigenvalue weighted by molar-refractivity contribution is -0.116. The number of nitrogens with zero attached hydrogens (tertiary/aromatic N) is 2. The summed E-state index contributed by atoms with van der Waals surface area (Å²) in [6.07, 6.45) is 0.483. The van der Waals surface area contributed by atoms with Crippen LogP contribution in [0.5, 0.6) is 0 Å². The first-order valence-electron chi connectivity index (χ1n) is 10.1. The number of likely N-dealkylation sites (N-methyl/N-ethyl adjacent to an activating group) is 1. The van der Waals surface area contributed by atoms with E-state index in [4.69, 9.17) is 0 Å². The number of fused-ring (bicyclic) bond motifs is 1. The molecule has 6 heteroatoms. The maximum atomic E-state index is 12.0. The van der Waals surface area contributed by atoms with Crippen LogP contribution in [0, 0.1) is 0 Å². The standard InChI is InChI=1S/C23H31N5O/c1-17(28(3)16-18-9-5-4-6-10-18)14-25-23(24-2)26-15-19-13-22(29)27-21-12-8-7-11-20(19)21/h4-12,17,19H,13-16H2,1-3H3,(H,27,29)(H2,24,25,26). The van der Waals surface area contributed by atoms with E-state index in [0.29, 0.717) is 19.0 Å². The number of hydrogen-bond donors (Lipinski definition) is 3. The monoisotopic (exact) mass is 393 g/mol. The minimum Gasteiger partial charge on any atom is -0.356 e. The number of hydrogen-bond acceptors (Lipinski definition) is 3. The largest absolute Gasteiger partial charge is 0.356 e. The third-order valence-electron chi connectivity index (χ3n) is 5.44. The molecule has 0 aromatic heterocycles. The summed E-state index contributed by atoms with van der Waals surface area (Å²) in [5.41, 5.74) is 3.39. The van der Waals surface area contributed by atoms with Gasteiger partial charge in [-0.15, -0.1) is 0 Å². The molecule has 29 heavy (non-hydrogen) atoms. The summed E-state index contributed by atoms with van der Waals surface area (Å²) < 4.78 is 0. The van der Waals surface area contributed by atoms with Gasteiger partial charge in [-0.25, -0.2) is 0 Å². The van der Waals surface area contributed by atoms with E-state index in [1.807, 2.05) is 24.3 Å². The quantitative estimate of drug-likeness (QED) is 0.500. The van der Waals surface area contributed by atoms with Gasteiger partial charge in [-0.3, -0.25) is 14.7 Å². The molecule has 6 nitrogen and oxygen atoms in total. The summed E-state index contributed by atoms with van der Waals surface area (Å²) in [4.78, 5) is 18.7. The van der Waals surface area contributed by atoms with Crippen LogP contribution in [0.1, 0.15) is 30.4 Å². The minimum absolute atomic E-state index is 0.0644. The Kier molecular flexibility index (Phi) is 7.25. The van der Waals surface area contributed by atoms with Gasteiger partial charge in [0, 0.05) is 50.7 Å². The summed E-state index contributed by atoms with van der Waals surface area (Å²) in [7, 11) is 3.91. The van der Waals surface area contributed by atoms with Crippen LogP contribution in [0.25, 0.3) is 0 Å². The van der Waals surface area contributed by atoms with E-state index in [9.17, 15) is 4.79 Å². The summed E-state index contributed by atoms with van der Waals surface area (Å²) in [5, 5.41) is 9.74. The Labute approximate surface area is 173 Å². The van der Waals surface area contributed by atoms with Crippen molar-refractivity contribution in [3.8, 4) is 0 Å². The number of rotatable bonds is 7. The van der Waals surface area contributed by atoms with E-state index in [1.54, 1.807) is 7.05 Å². The van der Waals surface area contributed by atoms with Crippen molar-refractivity contribution < 1.29 is 4.79 Å². The number of guanidine groups is 1. The Morgan fingerprint density at radius 2 is 1.90 bits per heavy atom. The average Bonchev–Trinajstić information content (AvgIpc) is 2.74. The number of anilines is 1. The molecule has 0 spiro atoms. The van der Waals surface area contributed by atoms with E-state index in [0.717, 1.165) is 24.7 Å². The van der Waals surface area contributed by atoms with Gasteiger partial charge in [0.15, 0.2) is 5.96 Å². The van der Waals surface area contributed by atoms with Crippen LogP contribution in [-0.4, -0.2) is 50.0 Å². The van der Waals surface area contributed by atoms with Crippen LogP contribution >= 0.6 is 0 Å². The summed E-state index contributed by atoms with van der Waals surface area (Å²) in [5.74, 6) is 0.958. The number of aliphatic imine (C=N–C) groups is 1. The number of amides is 1. The number of carbonyl (C=O) groups is 1. The minimum atomic E-state index is 0.0644. The molecule has 0 saturated carbocycles. The van der Waals surface area contributed by atoms with Crippen LogP contribution in [0.2, 0.25) is 0 Å². The van der Waals surface area contributed by atoms with Crippen LogP contribution in [-0.2, 0) is 11.3 Å². The van der Waals surface area contributed by atoms with Gasteiger partial charge in [0.2, 0.25) is 5.91 Å². The van der Waals surface area contributed by atoms with Gasteiger partial charge in [-0.05, 0) is 31.2 Å². The van der Waals surface area contributed by atoms with E-state index in [-0.39, 0.29) is 11.8 Å². The molecule has 1 aliphatic heterocycles. The molecule has 154 valence electrons. The molecule has 1 heterocycles. The van der Waals surface area contributed by atoms with Crippen molar-refractivity contribution in [1.82, 2.24) is 15.5 Å². The zero-order valence-corrected chi connectivity index (χ0v) is 17.5. The Balaban J connectivity index is 1.49. The summed E-state index contributed by atoms with van der Waals surface area (Å²) in [6, 6.07) is 18.8. The van der Waals surface area contributed by atoms with Crippen LogP contribution in [0.3, 0.4) is 0 Å². The molecule has 2 atom stereocenters. The molecule has 3 rings (SSSR count). The first-order valence-corrected chi connectivity index (χ1v) is 10.1. The zero-order valence-electron chi connectivity index (χ0n) is 17.5. The molecule has 2 unspecified atom stereocenters. The topological polar surface area (TPSA) is 68.8 Å². The molecule has 2 aromatic rings. The predicted molar refractivity (Wildman–Crippen MR) is 119 cm³/mol. The normalized spacial score (nSPS) is 17.4. The number of carbonyl (C=O) groups excluding carboxylic acids is 1. The third-order valence-corrected chi connectivity index (χ3v) is 5.44. The van der Waals surface area contributed by atoms with Crippen molar-refractivity contribution in [2.45, 2.75) is 31.8 Å². The second kappa shape index (κ2) is 10.1. The van der Waals surface area contributed by atoms with Gasteiger partial charge in [-0.2, -0.15) is 0 Å². The number of nitrogens with one attached hydrogen (secondary N) is 3. The highest BCUT2D eigenvalue weighted by Crippen LogP contribution is 2.31. The Hall–Kier alpha value is -2.86. The van der Waals surface area contributed by atoms with Gasteiger partial charge < -0.3 is 16.0 Å². The SMILES string of the molecule is CN=C(NCC1CC(=O)Nc2ccccc21)NCC(C)N(C)Cc1ccccc1. The first-order chi connectivity index (χ1) is 14.1. The molecule has 1 amide bonds. The molecule has 2 aromatic carbocycles. The Bertz CT molecular complexity index is 836. The predicted octanol–water partition coefficient (Wildman–Crippen LogP) is 2.80. The van der Waals surface area contributed by atoms with Crippen molar-refractivity contribution >= 4 is 17.6 Å². The lowest BCUT2D eigenvalue weighted by Gasteiger charge is -2.28. The third kappa shape index (κ3) is 5.81. The highest BCUT2D eigenvalue weighted by atomic mass is 16.1. The molecule has 3 N–H and O–H groups in total. The van der Waals surface area contributed by atoms with E-state index in [2.05, 4.69) is 70.1 Å². The maximum Gasteiger partial charge on any atom is 0.225 e. The van der Waals surface area contributed by atoms with E-state index in [1.165, 1.54) is 11.1 Å². The second-order valence-corrected chi connectivity index (χ2v) is 7.62. The Morgan fingerprint density at radius 3 is 2.66 bits per heavy atom. The highest BCUT2D eigenvalue weighted by Gasteiger charge is 2.24. The van der Waals surface area contributed by atoms with Crippen molar-refractivity contribution in [3.63, 3.8) is 0 Å². The highest BCUT2D eigenvalue weighted by molar-refractivity contribution is 5.94. The molecular weight excluding hydrogens is 362 g/mol. The smallest absolute Gasteiger partial charge is 0.225 e. The number of para-hydroxylation sites is 1. The molecule has 1 aliphatic rings. The van der Waals surface area contributed by atoms with Crippen LogP contribution in [0.15, 0.2) is 59.6 Å². The fourth-order valence-electron chi connectivity index (χ4n) is 3.55. The molecule has 0 fully saturated rings. The van der Waals surface area contributed by atoms with Gasteiger partial charge >= 0.3 is 0 Å².